The Bertz CT molecular complexity index is 184. The van der Waals surface area contributed by atoms with Crippen LogP contribution in [0.1, 0.15) is 20.8 Å². The van der Waals surface area contributed by atoms with Crippen LogP contribution in [0.3, 0.4) is 0 Å². The van der Waals surface area contributed by atoms with Gasteiger partial charge in [-0.1, -0.05) is 20.8 Å². The van der Waals surface area contributed by atoms with Gasteiger partial charge in [-0.3, -0.25) is 0 Å². The summed E-state index contributed by atoms with van der Waals surface area (Å²) in [7, 11) is 0. The Hall–Kier alpha value is -0.120. The van der Waals surface area contributed by atoms with Crippen LogP contribution >= 0.6 is 0 Å². The summed E-state index contributed by atoms with van der Waals surface area (Å²) in [4.78, 5) is 0. The van der Waals surface area contributed by atoms with E-state index in [1.54, 1.807) is 0 Å². The van der Waals surface area contributed by atoms with Crippen LogP contribution in [0.4, 0.5) is 0 Å². The second-order valence-electron chi connectivity index (χ2n) is 4.50. The Morgan fingerprint density at radius 2 is 1.85 bits per heavy atom. The average molecular weight is 185 g/mol. The molecule has 2 unspecified atom stereocenters. The molecule has 2 aliphatic rings. The quantitative estimate of drug-likeness (QED) is 0.690. The molecule has 2 heterocycles. The highest BCUT2D eigenvalue weighted by atomic mass is 16.6. The molecule has 1 N–H and O–H groups in total. The summed E-state index contributed by atoms with van der Waals surface area (Å²) in [6.45, 7) is 8.17. The SMILES string of the molecule is CC(C)NC1CO[C@H]2C(C)CO[C@@H]12. The lowest BCUT2D eigenvalue weighted by Crippen LogP contribution is -2.43. The van der Waals surface area contributed by atoms with Crippen molar-refractivity contribution in [3.05, 3.63) is 0 Å². The Labute approximate surface area is 79.8 Å². The molecule has 0 aromatic heterocycles. The van der Waals surface area contributed by atoms with E-state index in [0.717, 1.165) is 13.2 Å². The van der Waals surface area contributed by atoms with Crippen molar-refractivity contribution in [1.82, 2.24) is 5.32 Å². The summed E-state index contributed by atoms with van der Waals surface area (Å²) >= 11 is 0. The molecule has 3 nitrogen and oxygen atoms in total. The van der Waals surface area contributed by atoms with Crippen molar-refractivity contribution in [3.8, 4) is 0 Å². The van der Waals surface area contributed by atoms with E-state index in [1.807, 2.05) is 0 Å². The topological polar surface area (TPSA) is 30.5 Å². The van der Waals surface area contributed by atoms with Gasteiger partial charge < -0.3 is 14.8 Å². The molecule has 4 atom stereocenters. The average Bonchev–Trinajstić information content (AvgIpc) is 2.56. The fraction of sp³-hybridized carbons (Fsp3) is 1.00. The minimum Gasteiger partial charge on any atom is -0.373 e. The maximum Gasteiger partial charge on any atom is 0.101 e. The van der Waals surface area contributed by atoms with Crippen LogP contribution in [-0.4, -0.2) is 37.5 Å². The van der Waals surface area contributed by atoms with Gasteiger partial charge in [0.25, 0.3) is 0 Å². The number of rotatable bonds is 2. The Kier molecular flexibility index (Phi) is 2.58. The summed E-state index contributed by atoms with van der Waals surface area (Å²) in [6, 6.07) is 0.904. The van der Waals surface area contributed by atoms with Crippen LogP contribution in [0.5, 0.6) is 0 Å². The zero-order chi connectivity index (χ0) is 9.42. The highest BCUT2D eigenvalue weighted by molar-refractivity contribution is 4.96. The molecular formula is C10H19NO2. The lowest BCUT2D eigenvalue weighted by molar-refractivity contribution is 0.0636. The van der Waals surface area contributed by atoms with Gasteiger partial charge in [0.05, 0.1) is 25.4 Å². The van der Waals surface area contributed by atoms with Crippen LogP contribution < -0.4 is 5.32 Å². The van der Waals surface area contributed by atoms with Gasteiger partial charge in [-0.05, 0) is 0 Å². The third-order valence-electron chi connectivity index (χ3n) is 2.85. The summed E-state index contributed by atoms with van der Waals surface area (Å²) in [5, 5.41) is 3.48. The van der Waals surface area contributed by atoms with Gasteiger partial charge >= 0.3 is 0 Å². The van der Waals surface area contributed by atoms with E-state index >= 15 is 0 Å². The summed E-state index contributed by atoms with van der Waals surface area (Å²) < 4.78 is 11.4. The zero-order valence-corrected chi connectivity index (χ0v) is 8.62. The van der Waals surface area contributed by atoms with Crippen LogP contribution in [0.2, 0.25) is 0 Å². The van der Waals surface area contributed by atoms with E-state index in [9.17, 15) is 0 Å². The first-order chi connectivity index (χ1) is 6.18. The first-order valence-corrected chi connectivity index (χ1v) is 5.17. The first-order valence-electron chi connectivity index (χ1n) is 5.17. The van der Waals surface area contributed by atoms with E-state index in [-0.39, 0.29) is 6.10 Å². The number of ether oxygens (including phenoxy) is 2. The van der Waals surface area contributed by atoms with Gasteiger partial charge in [0.15, 0.2) is 0 Å². The van der Waals surface area contributed by atoms with E-state index in [1.165, 1.54) is 0 Å². The summed E-state index contributed by atoms with van der Waals surface area (Å²) in [5.74, 6) is 0.559. The number of fused-ring (bicyclic) bond motifs is 1. The molecule has 0 spiro atoms. The largest absolute Gasteiger partial charge is 0.373 e. The molecule has 0 radical (unpaired) electrons. The third-order valence-corrected chi connectivity index (χ3v) is 2.85. The highest BCUT2D eigenvalue weighted by Crippen LogP contribution is 2.30. The molecule has 13 heavy (non-hydrogen) atoms. The van der Waals surface area contributed by atoms with Gasteiger partial charge in [0, 0.05) is 12.0 Å². The van der Waals surface area contributed by atoms with Crippen molar-refractivity contribution in [2.75, 3.05) is 13.2 Å². The zero-order valence-electron chi connectivity index (χ0n) is 8.62. The maximum atomic E-state index is 5.72. The molecule has 0 aliphatic carbocycles. The normalized spacial score (nSPS) is 44.3. The lowest BCUT2D eigenvalue weighted by Gasteiger charge is -2.19. The van der Waals surface area contributed by atoms with Crippen LogP contribution in [-0.2, 0) is 9.47 Å². The van der Waals surface area contributed by atoms with Crippen molar-refractivity contribution >= 4 is 0 Å². The molecule has 2 aliphatic heterocycles. The highest BCUT2D eigenvalue weighted by Gasteiger charge is 2.45. The maximum absolute atomic E-state index is 5.72. The standard InChI is InChI=1S/C10H19NO2/c1-6(2)11-8-5-13-9-7(3)4-12-10(8)9/h6-11H,4-5H2,1-3H3/t7?,8?,9-,10-/m0/s1. The van der Waals surface area contributed by atoms with Crippen molar-refractivity contribution in [1.29, 1.82) is 0 Å². The van der Waals surface area contributed by atoms with E-state index in [4.69, 9.17) is 9.47 Å². The molecule has 76 valence electrons. The van der Waals surface area contributed by atoms with E-state index in [2.05, 4.69) is 26.1 Å². The summed E-state index contributed by atoms with van der Waals surface area (Å²) in [5.41, 5.74) is 0. The second kappa shape index (κ2) is 3.56. The molecule has 0 bridgehead atoms. The predicted molar refractivity (Wildman–Crippen MR) is 50.7 cm³/mol. The molecule has 0 aromatic rings. The van der Waals surface area contributed by atoms with Gasteiger partial charge in [0.1, 0.15) is 6.10 Å². The van der Waals surface area contributed by atoms with Crippen LogP contribution in [0.25, 0.3) is 0 Å². The van der Waals surface area contributed by atoms with Crippen molar-refractivity contribution < 1.29 is 9.47 Å². The molecule has 2 fully saturated rings. The Morgan fingerprint density at radius 3 is 2.54 bits per heavy atom. The molecule has 3 heteroatoms. The third kappa shape index (κ3) is 1.73. The minimum absolute atomic E-state index is 0.289. The first kappa shape index (κ1) is 9.44. The van der Waals surface area contributed by atoms with Crippen molar-refractivity contribution in [2.45, 2.75) is 45.1 Å². The fourth-order valence-electron chi connectivity index (χ4n) is 2.26. The van der Waals surface area contributed by atoms with E-state index in [0.29, 0.717) is 24.1 Å². The van der Waals surface area contributed by atoms with E-state index < -0.39 is 0 Å². The number of nitrogens with one attached hydrogen (secondary N) is 1. The molecule has 2 saturated heterocycles. The molecular weight excluding hydrogens is 166 g/mol. The minimum atomic E-state index is 0.289. The van der Waals surface area contributed by atoms with Gasteiger partial charge in [-0.15, -0.1) is 0 Å². The fourth-order valence-corrected chi connectivity index (χ4v) is 2.26. The van der Waals surface area contributed by atoms with Gasteiger partial charge in [-0.25, -0.2) is 0 Å². The van der Waals surface area contributed by atoms with Crippen LogP contribution in [0, 0.1) is 5.92 Å². The van der Waals surface area contributed by atoms with Gasteiger partial charge in [0.2, 0.25) is 0 Å². The van der Waals surface area contributed by atoms with Crippen LogP contribution in [0.15, 0.2) is 0 Å². The molecule has 0 saturated carbocycles. The Balaban J connectivity index is 1.94. The van der Waals surface area contributed by atoms with Crippen molar-refractivity contribution in [3.63, 3.8) is 0 Å². The smallest absolute Gasteiger partial charge is 0.101 e. The predicted octanol–water partition coefficient (Wildman–Crippen LogP) is 0.787. The van der Waals surface area contributed by atoms with Gasteiger partial charge in [-0.2, -0.15) is 0 Å². The lowest BCUT2D eigenvalue weighted by atomic mass is 10.0. The molecule has 0 aromatic carbocycles. The molecule has 2 rings (SSSR count). The second-order valence-corrected chi connectivity index (χ2v) is 4.50. The Morgan fingerprint density at radius 1 is 1.15 bits per heavy atom. The monoisotopic (exact) mass is 185 g/mol. The van der Waals surface area contributed by atoms with Crippen molar-refractivity contribution in [2.24, 2.45) is 5.92 Å². The summed E-state index contributed by atoms with van der Waals surface area (Å²) in [6.07, 6.45) is 0.619. The number of hydrogen-bond donors (Lipinski definition) is 1. The molecule has 0 amide bonds. The number of hydrogen-bond acceptors (Lipinski definition) is 3.